The van der Waals surface area contributed by atoms with Crippen LogP contribution in [0.1, 0.15) is 24.2 Å². The molecular weight excluding hydrogens is 304 g/mol. The van der Waals surface area contributed by atoms with Gasteiger partial charge in [0.05, 0.1) is 18.8 Å². The van der Waals surface area contributed by atoms with E-state index >= 15 is 0 Å². The smallest absolute Gasteiger partial charge is 0.319 e. The van der Waals surface area contributed by atoms with Gasteiger partial charge in [-0.15, -0.1) is 0 Å². The molecule has 0 bridgehead atoms. The Hall–Kier alpha value is -2.37. The molecular formula is C19H24N2O3. The van der Waals surface area contributed by atoms with Gasteiger partial charge in [0.1, 0.15) is 0 Å². The predicted molar refractivity (Wildman–Crippen MR) is 95.0 cm³/mol. The second-order valence-corrected chi connectivity index (χ2v) is 5.67. The third-order valence-electron chi connectivity index (χ3n) is 3.85. The number of carbonyl (C=O) groups is 1. The Morgan fingerprint density at radius 2 is 1.92 bits per heavy atom. The first-order valence-corrected chi connectivity index (χ1v) is 7.97. The zero-order valence-electron chi connectivity index (χ0n) is 14.0. The second-order valence-electron chi connectivity index (χ2n) is 5.67. The quantitative estimate of drug-likeness (QED) is 0.731. The first-order valence-electron chi connectivity index (χ1n) is 7.97. The van der Waals surface area contributed by atoms with E-state index in [1.54, 1.807) is 7.11 Å². The fourth-order valence-electron chi connectivity index (χ4n) is 2.42. The minimum atomic E-state index is -0.341. The Morgan fingerprint density at radius 3 is 2.58 bits per heavy atom. The normalized spacial score (nSPS) is 13.1. The monoisotopic (exact) mass is 328 g/mol. The van der Waals surface area contributed by atoms with Gasteiger partial charge in [-0.1, -0.05) is 42.5 Å². The summed E-state index contributed by atoms with van der Waals surface area (Å²) in [6, 6.07) is 16.6. The van der Waals surface area contributed by atoms with Crippen molar-refractivity contribution in [3.8, 4) is 0 Å². The van der Waals surface area contributed by atoms with E-state index in [1.165, 1.54) is 0 Å². The molecule has 0 aliphatic carbocycles. The van der Waals surface area contributed by atoms with E-state index in [0.717, 1.165) is 11.1 Å². The SMILES string of the molecule is CO[C@H](C)c1cccc(NC(=O)N[C@@H](CO)Cc2ccccc2)c1. The maximum atomic E-state index is 12.2. The molecule has 0 saturated heterocycles. The van der Waals surface area contributed by atoms with E-state index in [9.17, 15) is 9.90 Å². The summed E-state index contributed by atoms with van der Waals surface area (Å²) >= 11 is 0. The van der Waals surface area contributed by atoms with Crippen LogP contribution in [-0.4, -0.2) is 30.9 Å². The number of hydrogen-bond donors (Lipinski definition) is 3. The number of benzene rings is 2. The first-order chi connectivity index (χ1) is 11.6. The number of ether oxygens (including phenoxy) is 1. The highest BCUT2D eigenvalue weighted by Gasteiger charge is 2.13. The summed E-state index contributed by atoms with van der Waals surface area (Å²) in [6.45, 7) is 1.82. The van der Waals surface area contributed by atoms with Crippen molar-refractivity contribution in [2.45, 2.75) is 25.5 Å². The summed E-state index contributed by atoms with van der Waals surface area (Å²) in [4.78, 5) is 12.2. The lowest BCUT2D eigenvalue weighted by atomic mass is 10.1. The van der Waals surface area contributed by atoms with Gasteiger partial charge in [-0.3, -0.25) is 0 Å². The average molecular weight is 328 g/mol. The minimum absolute atomic E-state index is 0.0434. The molecule has 5 nitrogen and oxygen atoms in total. The largest absolute Gasteiger partial charge is 0.394 e. The minimum Gasteiger partial charge on any atom is -0.394 e. The topological polar surface area (TPSA) is 70.6 Å². The molecule has 24 heavy (non-hydrogen) atoms. The molecule has 2 aromatic rings. The Morgan fingerprint density at radius 1 is 1.17 bits per heavy atom. The molecule has 0 unspecified atom stereocenters. The highest BCUT2D eigenvalue weighted by molar-refractivity contribution is 5.89. The number of hydrogen-bond acceptors (Lipinski definition) is 3. The van der Waals surface area contributed by atoms with Crippen LogP contribution >= 0.6 is 0 Å². The molecule has 5 heteroatoms. The molecule has 0 aromatic heterocycles. The third-order valence-corrected chi connectivity index (χ3v) is 3.85. The number of nitrogens with one attached hydrogen (secondary N) is 2. The number of amides is 2. The second kappa shape index (κ2) is 9.05. The van der Waals surface area contributed by atoms with Gasteiger partial charge in [-0.2, -0.15) is 0 Å². The lowest BCUT2D eigenvalue weighted by Crippen LogP contribution is -2.41. The molecule has 2 atom stereocenters. The van der Waals surface area contributed by atoms with Crippen molar-refractivity contribution in [2.24, 2.45) is 0 Å². The zero-order chi connectivity index (χ0) is 17.4. The van der Waals surface area contributed by atoms with E-state index in [-0.39, 0.29) is 24.8 Å². The van der Waals surface area contributed by atoms with E-state index in [4.69, 9.17) is 4.74 Å². The van der Waals surface area contributed by atoms with Crippen molar-refractivity contribution in [3.63, 3.8) is 0 Å². The molecule has 3 N–H and O–H groups in total. The molecule has 0 spiro atoms. The van der Waals surface area contributed by atoms with Crippen molar-refractivity contribution >= 4 is 11.7 Å². The van der Waals surface area contributed by atoms with Gasteiger partial charge in [-0.25, -0.2) is 4.79 Å². The molecule has 0 heterocycles. The van der Waals surface area contributed by atoms with Crippen LogP contribution in [0.15, 0.2) is 54.6 Å². The lowest BCUT2D eigenvalue weighted by molar-refractivity contribution is 0.119. The number of carbonyl (C=O) groups excluding carboxylic acids is 1. The van der Waals surface area contributed by atoms with Gasteiger partial charge in [-0.05, 0) is 36.6 Å². The maximum Gasteiger partial charge on any atom is 0.319 e. The fourth-order valence-corrected chi connectivity index (χ4v) is 2.42. The van der Waals surface area contributed by atoms with E-state index < -0.39 is 0 Å². The third kappa shape index (κ3) is 5.37. The Balaban J connectivity index is 1.94. The van der Waals surface area contributed by atoms with Crippen LogP contribution in [0, 0.1) is 0 Å². The lowest BCUT2D eigenvalue weighted by Gasteiger charge is -2.17. The van der Waals surface area contributed by atoms with Crippen molar-refractivity contribution < 1.29 is 14.6 Å². The summed E-state index contributed by atoms with van der Waals surface area (Å²) in [6.07, 6.45) is 0.531. The molecule has 2 rings (SSSR count). The highest BCUT2D eigenvalue weighted by Crippen LogP contribution is 2.19. The van der Waals surface area contributed by atoms with Crippen LogP contribution < -0.4 is 10.6 Å². The van der Waals surface area contributed by atoms with Crippen LogP contribution in [0.2, 0.25) is 0 Å². The van der Waals surface area contributed by atoms with E-state index in [1.807, 2.05) is 61.5 Å². The first kappa shape index (κ1) is 18.0. The van der Waals surface area contributed by atoms with Gasteiger partial charge in [0.2, 0.25) is 0 Å². The summed E-state index contributed by atoms with van der Waals surface area (Å²) < 4.78 is 5.28. The maximum absolute atomic E-state index is 12.2. The van der Waals surface area contributed by atoms with Gasteiger partial charge < -0.3 is 20.5 Å². The van der Waals surface area contributed by atoms with Gasteiger partial charge in [0.25, 0.3) is 0 Å². The number of rotatable bonds is 7. The molecule has 0 radical (unpaired) electrons. The number of urea groups is 1. The number of aliphatic hydroxyl groups excluding tert-OH is 1. The van der Waals surface area contributed by atoms with E-state index in [2.05, 4.69) is 10.6 Å². The molecule has 0 saturated carbocycles. The van der Waals surface area contributed by atoms with Gasteiger partial charge >= 0.3 is 6.03 Å². The van der Waals surface area contributed by atoms with Crippen LogP contribution in [0.25, 0.3) is 0 Å². The van der Waals surface area contributed by atoms with Crippen LogP contribution in [0.4, 0.5) is 10.5 Å². The Kier molecular flexibility index (Phi) is 6.78. The fraction of sp³-hybridized carbons (Fsp3) is 0.316. The predicted octanol–water partition coefficient (Wildman–Crippen LogP) is 3.12. The molecule has 2 aromatic carbocycles. The molecule has 128 valence electrons. The molecule has 0 fully saturated rings. The van der Waals surface area contributed by atoms with Crippen LogP contribution in [0.5, 0.6) is 0 Å². The van der Waals surface area contributed by atoms with Crippen LogP contribution in [-0.2, 0) is 11.2 Å². The van der Waals surface area contributed by atoms with Crippen molar-refractivity contribution in [3.05, 3.63) is 65.7 Å². The number of anilines is 1. The van der Waals surface area contributed by atoms with Crippen LogP contribution in [0.3, 0.4) is 0 Å². The van der Waals surface area contributed by atoms with Gasteiger partial charge in [0, 0.05) is 12.8 Å². The van der Waals surface area contributed by atoms with Crippen molar-refractivity contribution in [1.29, 1.82) is 0 Å². The summed E-state index contributed by atoms with van der Waals surface area (Å²) in [5, 5.41) is 15.1. The summed E-state index contributed by atoms with van der Waals surface area (Å²) in [5.74, 6) is 0. The molecule has 2 amide bonds. The standard InChI is InChI=1S/C19H24N2O3/c1-14(24-2)16-9-6-10-17(12-16)20-19(23)21-18(13-22)11-15-7-4-3-5-8-15/h3-10,12,14,18,22H,11,13H2,1-2H3,(H2,20,21,23)/t14-,18-/m1/s1. The zero-order valence-corrected chi connectivity index (χ0v) is 14.0. The Labute approximate surface area is 142 Å². The number of aliphatic hydroxyl groups is 1. The average Bonchev–Trinajstić information content (AvgIpc) is 2.61. The van der Waals surface area contributed by atoms with Crippen molar-refractivity contribution in [1.82, 2.24) is 5.32 Å². The molecule has 0 aliphatic heterocycles. The van der Waals surface area contributed by atoms with Gasteiger partial charge in [0.15, 0.2) is 0 Å². The summed E-state index contributed by atoms with van der Waals surface area (Å²) in [7, 11) is 1.65. The highest BCUT2D eigenvalue weighted by atomic mass is 16.5. The summed E-state index contributed by atoms with van der Waals surface area (Å²) in [5.41, 5.74) is 2.73. The van der Waals surface area contributed by atoms with E-state index in [0.29, 0.717) is 12.1 Å². The number of methoxy groups -OCH3 is 1. The molecule has 0 aliphatic rings. The van der Waals surface area contributed by atoms with Crippen molar-refractivity contribution in [2.75, 3.05) is 19.0 Å². The Bertz CT molecular complexity index is 646.